The number of hydrogen-bond acceptors (Lipinski definition) is 8. The Hall–Kier alpha value is -1.75. The molecule has 0 aliphatic carbocycles. The Kier molecular flexibility index (Phi) is 5.07. The maximum atomic E-state index is 12.4. The smallest absolute Gasteiger partial charge is 0.353 e. The van der Waals surface area contributed by atoms with E-state index < -0.39 is 18.0 Å². The topological polar surface area (TPSA) is 116 Å². The molecule has 1 amide bonds. The van der Waals surface area contributed by atoms with Crippen LogP contribution in [0.25, 0.3) is 5.57 Å². The van der Waals surface area contributed by atoms with E-state index in [9.17, 15) is 19.8 Å². The summed E-state index contributed by atoms with van der Waals surface area (Å²) in [5.41, 5.74) is 1.10. The lowest BCUT2D eigenvalue weighted by Crippen LogP contribution is -2.63. The number of carboxylic acid groups (broad SMARTS) is 1. The zero-order valence-electron chi connectivity index (χ0n) is 15.7. The minimum Gasteiger partial charge on any atom is -0.477 e. The van der Waals surface area contributed by atoms with Gasteiger partial charge < -0.3 is 20.4 Å². The Balaban J connectivity index is 1.61. The van der Waals surface area contributed by atoms with Gasteiger partial charge in [-0.3, -0.25) is 4.79 Å². The molecule has 8 nitrogen and oxygen atoms in total. The first kappa shape index (κ1) is 19.6. The van der Waals surface area contributed by atoms with E-state index >= 15 is 0 Å². The summed E-state index contributed by atoms with van der Waals surface area (Å²) in [6.45, 7) is 6.42. The number of nitrogens with zero attached hydrogens (tertiary/aromatic N) is 3. The quantitative estimate of drug-likeness (QED) is 0.612. The second kappa shape index (κ2) is 7.25. The number of aliphatic hydroxyl groups is 1. The van der Waals surface area contributed by atoms with Crippen molar-refractivity contribution in [1.29, 1.82) is 0 Å². The number of nitrogens with one attached hydrogen (secondary N) is 1. The van der Waals surface area contributed by atoms with Crippen molar-refractivity contribution in [1.82, 2.24) is 19.6 Å². The third kappa shape index (κ3) is 3.08. The molecule has 150 valence electrons. The molecule has 3 aliphatic heterocycles. The fourth-order valence-electron chi connectivity index (χ4n) is 4.20. The number of thioether (sulfide) groups is 1. The molecule has 4 rings (SSSR count). The van der Waals surface area contributed by atoms with Gasteiger partial charge in [0.2, 0.25) is 5.91 Å². The summed E-state index contributed by atoms with van der Waals surface area (Å²) in [6.07, 6.45) is 2.15. The van der Waals surface area contributed by atoms with E-state index in [4.69, 9.17) is 0 Å². The monoisotopic (exact) mass is 422 g/mol. The normalized spacial score (nSPS) is 30.8. The minimum atomic E-state index is -1.13. The van der Waals surface area contributed by atoms with Gasteiger partial charge in [-0.1, -0.05) is 24.8 Å². The first-order valence-electron chi connectivity index (χ1n) is 9.24. The largest absolute Gasteiger partial charge is 0.477 e. The molecule has 1 aromatic heterocycles. The van der Waals surface area contributed by atoms with E-state index in [-0.39, 0.29) is 29.6 Å². The van der Waals surface area contributed by atoms with E-state index in [0.29, 0.717) is 15.1 Å². The number of aliphatic carboxylic acids is 1. The van der Waals surface area contributed by atoms with Gasteiger partial charge in [0, 0.05) is 16.9 Å². The van der Waals surface area contributed by atoms with Gasteiger partial charge in [0.15, 0.2) is 10.2 Å². The van der Waals surface area contributed by atoms with Gasteiger partial charge in [-0.05, 0) is 43.9 Å². The Bertz CT molecular complexity index is 894. The van der Waals surface area contributed by atoms with Crippen LogP contribution in [0.2, 0.25) is 0 Å². The lowest BCUT2D eigenvalue weighted by molar-refractivity contribution is -0.163. The molecule has 0 spiro atoms. The highest BCUT2D eigenvalue weighted by Crippen LogP contribution is 2.52. The number of β-lactam (4-membered cyclic amide) rings is 1. The van der Waals surface area contributed by atoms with Crippen molar-refractivity contribution in [3.05, 3.63) is 22.5 Å². The Morgan fingerprint density at radius 3 is 2.86 bits per heavy atom. The van der Waals surface area contributed by atoms with Gasteiger partial charge in [-0.15, -0.1) is 0 Å². The summed E-state index contributed by atoms with van der Waals surface area (Å²) in [5.74, 6) is -1.52. The molecule has 0 saturated carbocycles. The van der Waals surface area contributed by atoms with Gasteiger partial charge >= 0.3 is 5.97 Å². The second-order valence-electron chi connectivity index (χ2n) is 7.44. The number of carboxylic acids is 1. The van der Waals surface area contributed by atoms with Crippen molar-refractivity contribution in [3.8, 4) is 0 Å². The van der Waals surface area contributed by atoms with Crippen molar-refractivity contribution in [3.63, 3.8) is 0 Å². The standard InChI is InChI=1S/C18H22N4O4S2/c1-7-6-10(4-5-19-7)15-20-18(28-21-15)27-14-8(2)12-11(9(3)23)16(24)22(12)13(14)17(25)26/h6-9,11-12,19,23H,4-5H2,1-3H3,(H,25,26)/t7-,8-,9-,11-,12-/m1/s1. The number of fused-ring (bicyclic) bond motifs is 1. The Morgan fingerprint density at radius 1 is 1.46 bits per heavy atom. The van der Waals surface area contributed by atoms with Crippen LogP contribution < -0.4 is 5.32 Å². The van der Waals surface area contributed by atoms with Gasteiger partial charge in [0.05, 0.1) is 18.1 Å². The fraction of sp³-hybridized carbons (Fsp3) is 0.556. The van der Waals surface area contributed by atoms with Crippen LogP contribution in [0.3, 0.4) is 0 Å². The van der Waals surface area contributed by atoms with Crippen LogP contribution in [-0.2, 0) is 9.59 Å². The number of aliphatic hydroxyl groups excluding tert-OH is 1. The summed E-state index contributed by atoms with van der Waals surface area (Å²) >= 11 is 2.51. The third-order valence-corrected chi connectivity index (χ3v) is 7.55. The first-order valence-corrected chi connectivity index (χ1v) is 10.8. The lowest BCUT2D eigenvalue weighted by atomic mass is 9.79. The molecule has 0 unspecified atom stereocenters. The van der Waals surface area contributed by atoms with E-state index in [1.165, 1.54) is 28.2 Å². The Labute approximate surface area is 170 Å². The zero-order chi connectivity index (χ0) is 20.2. The summed E-state index contributed by atoms with van der Waals surface area (Å²) in [4.78, 5) is 30.8. The maximum Gasteiger partial charge on any atom is 0.353 e. The van der Waals surface area contributed by atoms with E-state index in [1.807, 2.05) is 6.92 Å². The van der Waals surface area contributed by atoms with Crippen molar-refractivity contribution in [2.24, 2.45) is 11.8 Å². The average Bonchev–Trinajstić information content (AvgIpc) is 3.18. The number of carbonyl (C=O) groups excluding carboxylic acids is 1. The van der Waals surface area contributed by atoms with Gasteiger partial charge in [-0.25, -0.2) is 9.78 Å². The molecule has 28 heavy (non-hydrogen) atoms. The number of amides is 1. The third-order valence-electron chi connectivity index (χ3n) is 5.51. The fourth-order valence-corrected chi connectivity index (χ4v) is 6.11. The molecule has 3 N–H and O–H groups in total. The summed E-state index contributed by atoms with van der Waals surface area (Å²) < 4.78 is 5.10. The van der Waals surface area contributed by atoms with Crippen molar-refractivity contribution < 1.29 is 19.8 Å². The minimum absolute atomic E-state index is 0.0101. The average molecular weight is 423 g/mol. The summed E-state index contributed by atoms with van der Waals surface area (Å²) in [6, 6.07) is -0.0483. The van der Waals surface area contributed by atoms with Gasteiger partial charge in [-0.2, -0.15) is 4.37 Å². The van der Waals surface area contributed by atoms with Crippen LogP contribution >= 0.6 is 23.3 Å². The van der Waals surface area contributed by atoms with Crippen molar-refractivity contribution in [2.75, 3.05) is 6.54 Å². The highest BCUT2D eigenvalue weighted by molar-refractivity contribution is 8.04. The molecule has 1 saturated heterocycles. The highest BCUT2D eigenvalue weighted by atomic mass is 32.2. The number of hydrogen-bond donors (Lipinski definition) is 3. The zero-order valence-corrected chi connectivity index (χ0v) is 17.4. The molecule has 5 atom stereocenters. The van der Waals surface area contributed by atoms with Crippen LogP contribution in [0.1, 0.15) is 33.0 Å². The van der Waals surface area contributed by atoms with Crippen LogP contribution in [0.5, 0.6) is 0 Å². The molecule has 3 aliphatic rings. The maximum absolute atomic E-state index is 12.4. The molecule has 4 heterocycles. The second-order valence-corrected chi connectivity index (χ2v) is 9.48. The van der Waals surface area contributed by atoms with Crippen LogP contribution in [0, 0.1) is 11.8 Å². The van der Waals surface area contributed by atoms with E-state index in [0.717, 1.165) is 18.5 Å². The number of carbonyl (C=O) groups is 2. The predicted molar refractivity (Wildman–Crippen MR) is 105 cm³/mol. The van der Waals surface area contributed by atoms with Crippen LogP contribution in [0.4, 0.5) is 0 Å². The summed E-state index contributed by atoms with van der Waals surface area (Å²) in [5, 5.41) is 23.0. The SMILES string of the molecule is C[C@@H]1C=C(c2nsc(SC3=C(C(=O)O)N4C(=O)[C@H]([C@@H](C)O)[C@H]4[C@H]3C)n2)CCN1. The molecular formula is C18H22N4O4S2. The Morgan fingerprint density at radius 2 is 2.21 bits per heavy atom. The van der Waals surface area contributed by atoms with Crippen LogP contribution in [-0.4, -0.2) is 61.1 Å². The summed E-state index contributed by atoms with van der Waals surface area (Å²) in [7, 11) is 0. The van der Waals surface area contributed by atoms with Crippen molar-refractivity contribution in [2.45, 2.75) is 49.7 Å². The van der Waals surface area contributed by atoms with Crippen molar-refractivity contribution >= 4 is 40.7 Å². The molecule has 0 aromatic carbocycles. The molecule has 1 aromatic rings. The van der Waals surface area contributed by atoms with E-state index in [2.05, 4.69) is 27.7 Å². The number of aromatic nitrogens is 2. The number of rotatable bonds is 5. The molecule has 1 fully saturated rings. The predicted octanol–water partition coefficient (Wildman–Crippen LogP) is 1.55. The highest BCUT2D eigenvalue weighted by Gasteiger charge is 2.60. The lowest BCUT2D eigenvalue weighted by Gasteiger charge is -2.46. The molecule has 0 bridgehead atoms. The molecule has 0 radical (unpaired) electrons. The molecular weight excluding hydrogens is 400 g/mol. The van der Waals surface area contributed by atoms with E-state index in [1.54, 1.807) is 6.92 Å². The first-order chi connectivity index (χ1) is 13.3. The molecule has 10 heteroatoms. The van der Waals surface area contributed by atoms with Gasteiger partial charge in [0.1, 0.15) is 5.70 Å². The van der Waals surface area contributed by atoms with Crippen LogP contribution in [0.15, 0.2) is 21.0 Å². The van der Waals surface area contributed by atoms with Gasteiger partial charge in [0.25, 0.3) is 0 Å².